The van der Waals surface area contributed by atoms with Crippen LogP contribution in [0.4, 0.5) is 8.78 Å². The van der Waals surface area contributed by atoms with Gasteiger partial charge in [0, 0.05) is 38.6 Å². The molecule has 0 saturated carbocycles. The lowest BCUT2D eigenvalue weighted by atomic mass is 10.0. The molecule has 0 aromatic heterocycles. The number of hydrogen-bond acceptors (Lipinski definition) is 2. The van der Waals surface area contributed by atoms with Gasteiger partial charge in [0.2, 0.25) is 0 Å². The second-order valence-corrected chi connectivity index (χ2v) is 7.36. The van der Waals surface area contributed by atoms with Crippen LogP contribution in [0.25, 0.3) is 0 Å². The molecule has 160 valence electrons. The molecule has 0 bridgehead atoms. The van der Waals surface area contributed by atoms with E-state index in [-0.39, 0.29) is 29.9 Å². The smallest absolute Gasteiger partial charge is 0.193 e. The van der Waals surface area contributed by atoms with Crippen LogP contribution in [0.3, 0.4) is 0 Å². The van der Waals surface area contributed by atoms with E-state index in [2.05, 4.69) is 35.9 Å². The maximum Gasteiger partial charge on any atom is 0.193 e. The Morgan fingerprint density at radius 3 is 2.57 bits per heavy atom. The van der Waals surface area contributed by atoms with Gasteiger partial charge in [-0.25, -0.2) is 8.78 Å². The molecule has 1 heterocycles. The Labute approximate surface area is 185 Å². The molecule has 2 unspecified atom stereocenters. The van der Waals surface area contributed by atoms with Gasteiger partial charge in [-0.15, -0.1) is 24.0 Å². The van der Waals surface area contributed by atoms with Crippen molar-refractivity contribution in [1.82, 2.24) is 15.1 Å². The number of nitrogens with one attached hydrogen (secondary N) is 1. The van der Waals surface area contributed by atoms with Crippen LogP contribution in [0.1, 0.15) is 45.6 Å². The van der Waals surface area contributed by atoms with Crippen LogP contribution in [0.2, 0.25) is 0 Å². The number of hydrogen-bond donors (Lipinski definition) is 1. The van der Waals surface area contributed by atoms with Crippen molar-refractivity contribution in [3.05, 3.63) is 35.4 Å². The fourth-order valence-corrected chi connectivity index (χ4v) is 3.59. The predicted octanol–water partition coefficient (Wildman–Crippen LogP) is 4.32. The Balaban J connectivity index is 0.00000392. The molecule has 0 radical (unpaired) electrons. The Hall–Kier alpha value is -0.960. The number of benzene rings is 1. The lowest BCUT2D eigenvalue weighted by Crippen LogP contribution is -2.41. The topological polar surface area (TPSA) is 30.9 Å². The molecule has 1 aromatic carbocycles. The maximum absolute atomic E-state index is 13.5. The van der Waals surface area contributed by atoms with Crippen molar-refractivity contribution in [2.45, 2.75) is 40.0 Å². The summed E-state index contributed by atoms with van der Waals surface area (Å²) < 4.78 is 26.6. The lowest BCUT2D eigenvalue weighted by molar-refractivity contribution is 0.255. The van der Waals surface area contributed by atoms with Crippen molar-refractivity contribution in [2.24, 2.45) is 10.9 Å². The van der Waals surface area contributed by atoms with Crippen molar-refractivity contribution in [1.29, 1.82) is 0 Å². The van der Waals surface area contributed by atoms with Crippen molar-refractivity contribution in [2.75, 3.05) is 45.8 Å². The second-order valence-electron chi connectivity index (χ2n) is 7.36. The first-order valence-electron chi connectivity index (χ1n) is 10.2. The first-order chi connectivity index (χ1) is 13.0. The standard InChI is InChI=1S/C21H34F2N4.HI/c1-5-24-21(27-11-10-17(15-27)14-26(6-2)7-3)25-13-16(4)18-8-9-19(22)20(23)12-18;/h8-9,12,16-17H,5-7,10-11,13-15H2,1-4H3,(H,24,25);1H. The van der Waals surface area contributed by atoms with Crippen molar-refractivity contribution in [3.8, 4) is 0 Å². The zero-order valence-electron chi connectivity index (χ0n) is 17.5. The molecule has 2 rings (SSSR count). The third-order valence-electron chi connectivity index (χ3n) is 5.36. The average molecular weight is 508 g/mol. The quantitative estimate of drug-likeness (QED) is 0.323. The molecule has 1 aromatic rings. The SMILES string of the molecule is CCNC(=NCC(C)c1ccc(F)c(F)c1)N1CCC(CN(CC)CC)C1.I. The van der Waals surface area contributed by atoms with E-state index in [0.717, 1.165) is 50.8 Å². The summed E-state index contributed by atoms with van der Waals surface area (Å²) in [5.74, 6) is 0.0160. The molecule has 1 N–H and O–H groups in total. The Kier molecular flexibility index (Phi) is 11.3. The van der Waals surface area contributed by atoms with Crippen molar-refractivity contribution >= 4 is 29.9 Å². The van der Waals surface area contributed by atoms with Gasteiger partial charge < -0.3 is 15.1 Å². The summed E-state index contributed by atoms with van der Waals surface area (Å²) in [5.41, 5.74) is 0.773. The van der Waals surface area contributed by atoms with Gasteiger partial charge in [0.15, 0.2) is 17.6 Å². The molecule has 1 aliphatic rings. The van der Waals surface area contributed by atoms with Gasteiger partial charge in [-0.1, -0.05) is 26.8 Å². The molecule has 0 spiro atoms. The van der Waals surface area contributed by atoms with Crippen molar-refractivity contribution < 1.29 is 8.78 Å². The Bertz CT molecular complexity index is 622. The van der Waals surface area contributed by atoms with Crippen LogP contribution in [0.5, 0.6) is 0 Å². The van der Waals surface area contributed by atoms with Gasteiger partial charge in [-0.3, -0.25) is 4.99 Å². The van der Waals surface area contributed by atoms with E-state index in [9.17, 15) is 8.78 Å². The van der Waals surface area contributed by atoms with E-state index in [0.29, 0.717) is 12.5 Å². The summed E-state index contributed by atoms with van der Waals surface area (Å²) in [6, 6.07) is 4.11. The molecule has 28 heavy (non-hydrogen) atoms. The van der Waals surface area contributed by atoms with E-state index in [1.165, 1.54) is 18.6 Å². The predicted molar refractivity (Wildman–Crippen MR) is 124 cm³/mol. The van der Waals surface area contributed by atoms with E-state index < -0.39 is 11.6 Å². The summed E-state index contributed by atoms with van der Waals surface area (Å²) in [6.45, 7) is 15.2. The van der Waals surface area contributed by atoms with Crippen molar-refractivity contribution in [3.63, 3.8) is 0 Å². The third kappa shape index (κ3) is 7.13. The number of guanidine groups is 1. The monoisotopic (exact) mass is 508 g/mol. The first kappa shape index (κ1) is 25.1. The van der Waals surface area contributed by atoms with Gasteiger partial charge in [-0.05, 0) is 50.0 Å². The number of halogens is 3. The summed E-state index contributed by atoms with van der Waals surface area (Å²) in [6.07, 6.45) is 1.18. The summed E-state index contributed by atoms with van der Waals surface area (Å²) in [5, 5.41) is 3.38. The average Bonchev–Trinajstić information content (AvgIpc) is 3.13. The normalized spacial score (nSPS) is 18.3. The molecule has 1 aliphatic heterocycles. The van der Waals surface area contributed by atoms with Crippen LogP contribution >= 0.6 is 24.0 Å². The van der Waals surface area contributed by atoms with E-state index in [1.807, 2.05) is 6.92 Å². The molecule has 1 saturated heterocycles. The zero-order chi connectivity index (χ0) is 19.8. The molecule has 7 heteroatoms. The first-order valence-corrected chi connectivity index (χ1v) is 10.2. The number of likely N-dealkylation sites (tertiary alicyclic amines) is 1. The highest BCUT2D eigenvalue weighted by Crippen LogP contribution is 2.20. The largest absolute Gasteiger partial charge is 0.357 e. The number of rotatable bonds is 8. The summed E-state index contributed by atoms with van der Waals surface area (Å²) >= 11 is 0. The lowest BCUT2D eigenvalue weighted by Gasteiger charge is -2.24. The minimum Gasteiger partial charge on any atom is -0.357 e. The van der Waals surface area contributed by atoms with Crippen LogP contribution in [-0.4, -0.2) is 61.6 Å². The van der Waals surface area contributed by atoms with Gasteiger partial charge >= 0.3 is 0 Å². The molecule has 0 aliphatic carbocycles. The highest BCUT2D eigenvalue weighted by atomic mass is 127. The molecule has 4 nitrogen and oxygen atoms in total. The molecular formula is C21H35F2IN4. The fourth-order valence-electron chi connectivity index (χ4n) is 3.59. The molecule has 0 amide bonds. The van der Waals surface area contributed by atoms with Gasteiger partial charge in [0.1, 0.15) is 0 Å². The fraction of sp³-hybridized carbons (Fsp3) is 0.667. The number of aliphatic imine (C=N–C) groups is 1. The third-order valence-corrected chi connectivity index (χ3v) is 5.36. The second kappa shape index (κ2) is 12.6. The highest BCUT2D eigenvalue weighted by molar-refractivity contribution is 14.0. The van der Waals surface area contributed by atoms with E-state index in [1.54, 1.807) is 6.07 Å². The van der Waals surface area contributed by atoms with E-state index in [4.69, 9.17) is 4.99 Å². The Morgan fingerprint density at radius 2 is 1.96 bits per heavy atom. The summed E-state index contributed by atoms with van der Waals surface area (Å²) in [7, 11) is 0. The van der Waals surface area contributed by atoms with E-state index >= 15 is 0 Å². The molecule has 2 atom stereocenters. The molecule has 1 fully saturated rings. The number of nitrogens with zero attached hydrogens (tertiary/aromatic N) is 3. The summed E-state index contributed by atoms with van der Waals surface area (Å²) in [4.78, 5) is 9.58. The van der Waals surface area contributed by atoms with Gasteiger partial charge in [0.25, 0.3) is 0 Å². The maximum atomic E-state index is 13.5. The Morgan fingerprint density at radius 1 is 1.25 bits per heavy atom. The van der Waals surface area contributed by atoms with Crippen LogP contribution in [0.15, 0.2) is 23.2 Å². The molecular weight excluding hydrogens is 473 g/mol. The highest BCUT2D eigenvalue weighted by Gasteiger charge is 2.26. The van der Waals surface area contributed by atoms with Crippen LogP contribution in [0, 0.1) is 17.6 Å². The minimum absolute atomic E-state index is 0. The zero-order valence-corrected chi connectivity index (χ0v) is 19.9. The van der Waals surface area contributed by atoms with Gasteiger partial charge in [-0.2, -0.15) is 0 Å². The van der Waals surface area contributed by atoms with Crippen LogP contribution < -0.4 is 5.32 Å². The van der Waals surface area contributed by atoms with Crippen LogP contribution in [-0.2, 0) is 0 Å². The minimum atomic E-state index is -0.806. The van der Waals surface area contributed by atoms with Gasteiger partial charge in [0.05, 0.1) is 0 Å².